The first-order valence-electron chi connectivity index (χ1n) is 16.8. The summed E-state index contributed by atoms with van der Waals surface area (Å²) in [5.41, 5.74) is 17.6. The molecular weight excluding hydrogens is 792 g/mol. The van der Waals surface area contributed by atoms with Crippen LogP contribution in [0, 0.1) is 12.8 Å². The van der Waals surface area contributed by atoms with Crippen LogP contribution in [-0.2, 0) is 36.9 Å². The molecule has 3 saturated heterocycles. The van der Waals surface area contributed by atoms with Crippen molar-refractivity contribution in [2.75, 3.05) is 24.7 Å². The zero-order valence-corrected chi connectivity index (χ0v) is 31.0. The second kappa shape index (κ2) is 16.5. The van der Waals surface area contributed by atoms with Gasteiger partial charge in [0.1, 0.15) is 36.4 Å². The SMILES string of the molecule is Cc1cn(C2CC(N=[N+]=[N-])C(C(OP(=O)(O)O)C3CC(n4ccc(N)nc4=O)OC3COP(=O)(O)OCC3CCC(n4ccc(N)nc4=O)O3)O2)c(=O)[nH]c1=O. The minimum Gasteiger partial charge on any atom is -0.383 e. The van der Waals surface area contributed by atoms with Crippen molar-refractivity contribution in [3.63, 3.8) is 0 Å². The highest BCUT2D eigenvalue weighted by molar-refractivity contribution is 7.47. The lowest BCUT2D eigenvalue weighted by molar-refractivity contribution is -0.0976. The molecule has 3 aromatic rings. The van der Waals surface area contributed by atoms with Crippen LogP contribution < -0.4 is 34.1 Å². The Balaban J connectivity index is 1.24. The molecule has 0 aliphatic carbocycles. The maximum absolute atomic E-state index is 13.1. The van der Waals surface area contributed by atoms with E-state index in [1.165, 1.54) is 42.2 Å². The molecule has 0 aromatic carbocycles. The summed E-state index contributed by atoms with van der Waals surface area (Å²) in [6, 6.07) is 1.45. The van der Waals surface area contributed by atoms with Gasteiger partial charge in [0.2, 0.25) is 0 Å². The molecule has 0 saturated carbocycles. The topological polar surface area (TPSA) is 376 Å². The van der Waals surface area contributed by atoms with Crippen LogP contribution in [0.25, 0.3) is 10.4 Å². The normalized spacial score (nSPS) is 28.1. The van der Waals surface area contributed by atoms with Gasteiger partial charge in [0, 0.05) is 47.8 Å². The molecule has 10 atom stereocenters. The fraction of sp³-hybridized carbons (Fsp3) is 0.571. The second-order valence-corrected chi connectivity index (χ2v) is 15.7. The van der Waals surface area contributed by atoms with Gasteiger partial charge < -0.3 is 40.4 Å². The summed E-state index contributed by atoms with van der Waals surface area (Å²) < 4.78 is 62.4. The Morgan fingerprint density at radius 1 is 0.946 bits per heavy atom. The number of hydrogen-bond acceptors (Lipinski definition) is 17. The van der Waals surface area contributed by atoms with Crippen molar-refractivity contribution in [2.24, 2.45) is 11.0 Å². The number of ether oxygens (including phenoxy) is 3. The number of nitrogen functional groups attached to an aromatic ring is 2. The minimum absolute atomic E-state index is 0.0206. The zero-order valence-electron chi connectivity index (χ0n) is 29.2. The van der Waals surface area contributed by atoms with Crippen molar-refractivity contribution in [2.45, 2.75) is 81.7 Å². The summed E-state index contributed by atoms with van der Waals surface area (Å²) in [6.07, 6.45) is -4.69. The van der Waals surface area contributed by atoms with Gasteiger partial charge in [-0.3, -0.25) is 37.1 Å². The van der Waals surface area contributed by atoms with Crippen LogP contribution in [-0.4, -0.2) is 87.0 Å². The summed E-state index contributed by atoms with van der Waals surface area (Å²) in [5, 5.41) is 3.72. The van der Waals surface area contributed by atoms with Crippen molar-refractivity contribution in [1.82, 2.24) is 28.7 Å². The highest BCUT2D eigenvalue weighted by Gasteiger charge is 2.52. The average molecular weight is 830 g/mol. The molecule has 56 heavy (non-hydrogen) atoms. The van der Waals surface area contributed by atoms with Crippen LogP contribution in [0.15, 0.2) is 55.0 Å². The molecule has 3 aliphatic heterocycles. The Labute approximate surface area is 313 Å². The van der Waals surface area contributed by atoms with E-state index in [0.717, 1.165) is 9.13 Å². The molecule has 28 heteroatoms. The van der Waals surface area contributed by atoms with E-state index >= 15 is 0 Å². The molecule has 10 unspecified atom stereocenters. The molecule has 3 aliphatic rings. The van der Waals surface area contributed by atoms with Crippen LogP contribution in [0.3, 0.4) is 0 Å². The van der Waals surface area contributed by atoms with Crippen LogP contribution in [0.5, 0.6) is 0 Å². The lowest BCUT2D eigenvalue weighted by Crippen LogP contribution is -2.44. The Bertz CT molecular complexity index is 2320. The molecule has 0 bridgehead atoms. The molecule has 304 valence electrons. The van der Waals surface area contributed by atoms with Crippen molar-refractivity contribution >= 4 is 27.3 Å². The van der Waals surface area contributed by atoms with Crippen molar-refractivity contribution in [3.8, 4) is 0 Å². The maximum atomic E-state index is 13.1. The van der Waals surface area contributed by atoms with Gasteiger partial charge in [-0.2, -0.15) is 9.97 Å². The van der Waals surface area contributed by atoms with Crippen molar-refractivity contribution < 1.29 is 51.6 Å². The Kier molecular flexibility index (Phi) is 12.1. The lowest BCUT2D eigenvalue weighted by atomic mass is 9.88. The summed E-state index contributed by atoms with van der Waals surface area (Å²) in [7, 11) is -10.4. The molecule has 3 aromatic heterocycles. The number of anilines is 2. The third-order valence-corrected chi connectivity index (χ3v) is 10.8. The molecule has 0 radical (unpaired) electrons. The Morgan fingerprint density at radius 3 is 2.20 bits per heavy atom. The summed E-state index contributed by atoms with van der Waals surface area (Å²) >= 11 is 0. The number of nitrogens with zero attached hydrogens (tertiary/aromatic N) is 8. The predicted molar refractivity (Wildman–Crippen MR) is 187 cm³/mol. The number of nitrogens with one attached hydrogen (secondary N) is 1. The van der Waals surface area contributed by atoms with Crippen LogP contribution in [0.1, 0.15) is 49.9 Å². The number of aromatic amines is 1. The van der Waals surface area contributed by atoms with E-state index in [1.807, 2.05) is 0 Å². The molecule has 0 amide bonds. The number of phosphoric acid groups is 2. The van der Waals surface area contributed by atoms with Crippen molar-refractivity contribution in [3.05, 3.63) is 88.5 Å². The maximum Gasteiger partial charge on any atom is 0.472 e. The van der Waals surface area contributed by atoms with E-state index in [9.17, 15) is 48.5 Å². The number of nitrogens with two attached hydrogens (primary N) is 2. The monoisotopic (exact) mass is 829 g/mol. The molecule has 0 spiro atoms. The van der Waals surface area contributed by atoms with Gasteiger partial charge in [-0.25, -0.2) is 23.5 Å². The smallest absolute Gasteiger partial charge is 0.383 e. The number of H-pyrrole nitrogens is 1. The molecule has 26 nitrogen and oxygen atoms in total. The van der Waals surface area contributed by atoms with Gasteiger partial charge in [0.15, 0.2) is 0 Å². The highest BCUT2D eigenvalue weighted by atomic mass is 31.2. The standard InChI is InChI=1S/C28H37N11O15P2/c1-13-10-39(28(43)34-25(13)40)22-9-16(35-36-31)24(53-22)23(54-55(44,45)46)15-8-21(38-7-5-19(30)33-27(38)42)52-17(15)12-50-56(47,48)49-11-14-2-3-20(51-14)37-6-4-18(29)32-26(37)41/h4-7,10,14-17,20-24H,2-3,8-9,11-12H2,1H3,(H,47,48)(H2,29,32,41)(H2,30,33,42)(H,34,40,43)(H2,44,45,46). The molecular formula is C28H37N11O15P2. The van der Waals surface area contributed by atoms with Gasteiger partial charge >= 0.3 is 32.7 Å². The Hall–Kier alpha value is -4.55. The third kappa shape index (κ3) is 9.52. The first-order chi connectivity index (χ1) is 26.4. The molecule has 8 N–H and O–H groups in total. The van der Waals surface area contributed by atoms with Gasteiger partial charge in [-0.1, -0.05) is 5.11 Å². The Morgan fingerprint density at radius 2 is 1.57 bits per heavy atom. The van der Waals surface area contributed by atoms with E-state index in [-0.39, 0.29) is 30.0 Å². The number of hydrogen-bond donors (Lipinski definition) is 6. The highest BCUT2D eigenvalue weighted by Crippen LogP contribution is 2.50. The zero-order chi connectivity index (χ0) is 40.5. The minimum atomic E-state index is -5.43. The third-order valence-electron chi connectivity index (χ3n) is 9.31. The molecule has 6 rings (SSSR count). The quantitative estimate of drug-likeness (QED) is 0.0525. The number of rotatable bonds is 14. The van der Waals surface area contributed by atoms with Gasteiger partial charge in [-0.05, 0) is 37.4 Å². The molecule has 6 heterocycles. The van der Waals surface area contributed by atoms with E-state index in [2.05, 4.69) is 25.0 Å². The first-order valence-corrected chi connectivity index (χ1v) is 19.8. The van der Waals surface area contributed by atoms with Crippen molar-refractivity contribution in [1.29, 1.82) is 0 Å². The van der Waals surface area contributed by atoms with E-state index < -0.39 is 107 Å². The number of phosphoric ester groups is 2. The summed E-state index contributed by atoms with van der Waals surface area (Å²) in [4.78, 5) is 92.8. The van der Waals surface area contributed by atoms with Crippen LogP contribution in [0.4, 0.5) is 11.6 Å². The van der Waals surface area contributed by atoms with Gasteiger partial charge in [0.25, 0.3) is 5.56 Å². The summed E-state index contributed by atoms with van der Waals surface area (Å²) in [6.45, 7) is 0.169. The predicted octanol–water partition coefficient (Wildman–Crippen LogP) is -0.318. The van der Waals surface area contributed by atoms with Gasteiger partial charge in [-0.15, -0.1) is 0 Å². The number of azide groups is 1. The molecule has 3 fully saturated rings. The van der Waals surface area contributed by atoms with Crippen LogP contribution >= 0.6 is 15.6 Å². The van der Waals surface area contributed by atoms with E-state index in [4.69, 9.17) is 39.2 Å². The fourth-order valence-corrected chi connectivity index (χ4v) is 8.14. The van der Waals surface area contributed by atoms with E-state index in [1.54, 1.807) is 0 Å². The fourth-order valence-electron chi connectivity index (χ4n) is 6.78. The lowest BCUT2D eigenvalue weighted by Gasteiger charge is -2.33. The summed E-state index contributed by atoms with van der Waals surface area (Å²) in [5.74, 6) is -1.36. The number of aromatic nitrogens is 6. The largest absolute Gasteiger partial charge is 0.472 e. The number of aryl methyl sites for hydroxylation is 1. The van der Waals surface area contributed by atoms with Gasteiger partial charge in [0.05, 0.1) is 37.6 Å². The van der Waals surface area contributed by atoms with Crippen LogP contribution in [0.2, 0.25) is 0 Å². The first kappa shape index (κ1) is 41.1. The van der Waals surface area contributed by atoms with E-state index in [0.29, 0.717) is 12.8 Å². The average Bonchev–Trinajstić information content (AvgIpc) is 3.86. The second-order valence-electron chi connectivity index (χ2n) is 13.1.